The molecule has 0 aliphatic carbocycles. The smallest absolute Gasteiger partial charge is 0.217 e. The molecule has 0 saturated carbocycles. The summed E-state index contributed by atoms with van der Waals surface area (Å²) in [6.07, 6.45) is -2.27. The lowest BCUT2D eigenvalue weighted by atomic mass is 9.89. The third-order valence-corrected chi connectivity index (χ3v) is 10.2. The molecular weight excluding hydrogens is 675 g/mol. The van der Waals surface area contributed by atoms with Gasteiger partial charge in [-0.15, -0.1) is 0 Å². The quantitative estimate of drug-likeness (QED) is 0.118. The Bertz CT molecular complexity index is 1780. The van der Waals surface area contributed by atoms with Crippen molar-refractivity contribution in [1.82, 2.24) is 15.1 Å². The van der Waals surface area contributed by atoms with Gasteiger partial charge in [0, 0.05) is 33.1 Å². The highest BCUT2D eigenvalue weighted by Crippen LogP contribution is 2.35. The molecule has 5 aromatic rings. The molecule has 0 radical (unpaired) electrons. The highest BCUT2D eigenvalue weighted by Gasteiger charge is 2.53. The summed E-state index contributed by atoms with van der Waals surface area (Å²) in [5.74, 6) is -0.148. The van der Waals surface area contributed by atoms with Crippen molar-refractivity contribution in [2.24, 2.45) is 0 Å². The maximum Gasteiger partial charge on any atom is 0.217 e. The first-order valence-electron chi connectivity index (χ1n) is 19.0. The number of hydrogen-bond donors (Lipinski definition) is 1. The van der Waals surface area contributed by atoms with E-state index in [1.165, 1.54) is 11.1 Å². The number of hydrogen-bond acceptors (Lipinski definition) is 7. The fraction of sp³-hybridized carbons (Fsp3) is 0.326. The van der Waals surface area contributed by atoms with Crippen molar-refractivity contribution in [2.75, 3.05) is 19.7 Å². The van der Waals surface area contributed by atoms with Gasteiger partial charge in [-0.3, -0.25) is 14.6 Å². The lowest BCUT2D eigenvalue weighted by Gasteiger charge is -2.50. The molecule has 5 unspecified atom stereocenters. The van der Waals surface area contributed by atoms with Crippen LogP contribution < -0.4 is 5.32 Å². The van der Waals surface area contributed by atoms with E-state index in [1.807, 2.05) is 66.7 Å². The predicted octanol–water partition coefficient (Wildman–Crippen LogP) is 6.99. The number of carbonyl (C=O) groups is 1. The van der Waals surface area contributed by atoms with Gasteiger partial charge in [0.15, 0.2) is 0 Å². The summed E-state index contributed by atoms with van der Waals surface area (Å²) in [5.41, 5.74) is 5.61. The highest BCUT2D eigenvalue weighted by molar-refractivity contribution is 5.73. The molecule has 7 rings (SSSR count). The lowest BCUT2D eigenvalue weighted by molar-refractivity contribution is -0.249. The topological polar surface area (TPSA) is 72.5 Å². The van der Waals surface area contributed by atoms with Crippen LogP contribution in [0.3, 0.4) is 0 Å². The molecular formula is C46H51N3O5. The second-order valence-electron chi connectivity index (χ2n) is 14.2. The number of carbonyl (C=O) groups excluding carboxylic acids is 1. The summed E-state index contributed by atoms with van der Waals surface area (Å²) in [6.45, 7) is 6.16. The monoisotopic (exact) mass is 725 g/mol. The first kappa shape index (κ1) is 37.6. The van der Waals surface area contributed by atoms with Gasteiger partial charge in [0.1, 0.15) is 24.4 Å². The Hall–Kier alpha value is -4.67. The van der Waals surface area contributed by atoms with Crippen molar-refractivity contribution >= 4 is 5.91 Å². The zero-order valence-corrected chi connectivity index (χ0v) is 31.0. The molecule has 5 aromatic carbocycles. The zero-order valence-electron chi connectivity index (χ0n) is 31.0. The minimum Gasteiger partial charge on any atom is -0.374 e. The van der Waals surface area contributed by atoms with Crippen molar-refractivity contribution < 1.29 is 23.7 Å². The van der Waals surface area contributed by atoms with Gasteiger partial charge < -0.3 is 24.3 Å². The van der Waals surface area contributed by atoms with E-state index in [0.717, 1.165) is 42.9 Å². The Labute approximate surface area is 319 Å². The number of benzene rings is 5. The van der Waals surface area contributed by atoms with E-state index in [0.29, 0.717) is 19.8 Å². The van der Waals surface area contributed by atoms with Gasteiger partial charge in [0.05, 0.1) is 38.6 Å². The first-order valence-corrected chi connectivity index (χ1v) is 19.0. The van der Waals surface area contributed by atoms with E-state index in [4.69, 9.17) is 18.9 Å². The van der Waals surface area contributed by atoms with Crippen LogP contribution >= 0.6 is 0 Å². The third-order valence-electron chi connectivity index (χ3n) is 10.2. The third kappa shape index (κ3) is 10.1. The summed E-state index contributed by atoms with van der Waals surface area (Å²) < 4.78 is 27.6. The summed E-state index contributed by atoms with van der Waals surface area (Å²) in [6, 6.07) is 51.1. The fourth-order valence-electron chi connectivity index (χ4n) is 7.71. The van der Waals surface area contributed by atoms with E-state index >= 15 is 0 Å². The zero-order chi connectivity index (χ0) is 37.0. The van der Waals surface area contributed by atoms with Crippen LogP contribution in [-0.2, 0) is 56.7 Å². The van der Waals surface area contributed by atoms with Crippen LogP contribution in [0.25, 0.3) is 0 Å². The molecule has 2 aliphatic heterocycles. The van der Waals surface area contributed by atoms with Crippen molar-refractivity contribution in [1.29, 1.82) is 0 Å². The van der Waals surface area contributed by atoms with Crippen LogP contribution in [-0.4, -0.2) is 72.0 Å². The molecule has 1 amide bonds. The Morgan fingerprint density at radius 2 is 1.00 bits per heavy atom. The van der Waals surface area contributed by atoms with Gasteiger partial charge in [-0.25, -0.2) is 0 Å². The van der Waals surface area contributed by atoms with Gasteiger partial charge in [-0.05, 0) is 27.8 Å². The summed E-state index contributed by atoms with van der Waals surface area (Å²) >= 11 is 0. The summed E-state index contributed by atoms with van der Waals surface area (Å²) in [7, 11) is 0. The van der Waals surface area contributed by atoms with Crippen LogP contribution in [0.5, 0.6) is 0 Å². The average molecular weight is 726 g/mol. The van der Waals surface area contributed by atoms with Gasteiger partial charge in [0.2, 0.25) is 5.91 Å². The van der Waals surface area contributed by atoms with E-state index in [2.05, 4.69) is 100 Å². The molecule has 8 heteroatoms. The lowest BCUT2D eigenvalue weighted by Crippen LogP contribution is -2.70. The Kier molecular flexibility index (Phi) is 13.3. The second kappa shape index (κ2) is 19.1. The number of amides is 1. The molecule has 5 atom stereocenters. The summed E-state index contributed by atoms with van der Waals surface area (Å²) in [5, 5.41) is 3.33. The molecule has 1 N–H and O–H groups in total. The minimum atomic E-state index is -0.556. The van der Waals surface area contributed by atoms with Crippen LogP contribution in [0.2, 0.25) is 0 Å². The van der Waals surface area contributed by atoms with Crippen LogP contribution in [0.4, 0.5) is 0 Å². The molecule has 2 fully saturated rings. The Morgan fingerprint density at radius 1 is 0.593 bits per heavy atom. The van der Waals surface area contributed by atoms with E-state index < -0.39 is 30.5 Å². The Balaban J connectivity index is 1.26. The van der Waals surface area contributed by atoms with E-state index in [-0.39, 0.29) is 18.7 Å². The van der Waals surface area contributed by atoms with Crippen LogP contribution in [0.1, 0.15) is 34.7 Å². The van der Waals surface area contributed by atoms with Gasteiger partial charge in [-0.2, -0.15) is 0 Å². The van der Waals surface area contributed by atoms with Crippen molar-refractivity contribution in [3.8, 4) is 0 Å². The highest BCUT2D eigenvalue weighted by atomic mass is 16.6. The molecule has 280 valence electrons. The molecule has 54 heavy (non-hydrogen) atoms. The van der Waals surface area contributed by atoms with Crippen LogP contribution in [0.15, 0.2) is 152 Å². The van der Waals surface area contributed by atoms with E-state index in [9.17, 15) is 4.79 Å². The minimum absolute atomic E-state index is 0.148. The summed E-state index contributed by atoms with van der Waals surface area (Å²) in [4.78, 5) is 18.2. The first-order chi connectivity index (χ1) is 26.6. The van der Waals surface area contributed by atoms with Crippen LogP contribution in [0, 0.1) is 0 Å². The maximum absolute atomic E-state index is 13.2. The van der Waals surface area contributed by atoms with Crippen molar-refractivity contribution in [3.63, 3.8) is 0 Å². The van der Waals surface area contributed by atoms with Gasteiger partial charge >= 0.3 is 0 Å². The Morgan fingerprint density at radius 3 is 1.44 bits per heavy atom. The number of nitrogens with one attached hydrogen (secondary N) is 1. The van der Waals surface area contributed by atoms with Gasteiger partial charge in [-0.1, -0.05) is 152 Å². The van der Waals surface area contributed by atoms with Gasteiger partial charge in [0.25, 0.3) is 0 Å². The molecule has 0 aromatic heterocycles. The standard InChI is InChI=1S/C46H51N3O5/c1-35(50)47-42-44(53-33-40-25-15-6-16-26-40)43(52-32-39-23-13-5-14-24-39)41(34-51-31-38-21-11-4-12-22-38)54-45(42)46-48(29-36-17-7-2-8-18-36)27-28-49(46)30-37-19-9-3-10-20-37/h2-26,41-46H,27-34H2,1H3,(H,47,50). The molecule has 0 bridgehead atoms. The normalized spacial score (nSPS) is 22.3. The molecule has 8 nitrogen and oxygen atoms in total. The molecule has 0 spiro atoms. The number of nitrogens with zero attached hydrogens (tertiary/aromatic N) is 2. The molecule has 2 aliphatic rings. The average Bonchev–Trinajstić information content (AvgIpc) is 3.59. The maximum atomic E-state index is 13.2. The van der Waals surface area contributed by atoms with Crippen molar-refractivity contribution in [3.05, 3.63) is 179 Å². The number of ether oxygens (including phenoxy) is 4. The second-order valence-corrected chi connectivity index (χ2v) is 14.2. The molecule has 2 heterocycles. The fourth-order valence-corrected chi connectivity index (χ4v) is 7.71. The SMILES string of the molecule is CC(=O)NC1C(OCc2ccccc2)C(OCc2ccccc2)C(COCc2ccccc2)OC1C1N(Cc2ccccc2)CCN1Cc1ccccc1. The number of rotatable bonds is 16. The molecule has 2 saturated heterocycles. The van der Waals surface area contributed by atoms with Crippen molar-refractivity contribution in [2.45, 2.75) is 76.5 Å². The van der Waals surface area contributed by atoms with E-state index in [1.54, 1.807) is 6.92 Å². The largest absolute Gasteiger partial charge is 0.374 e. The predicted molar refractivity (Wildman–Crippen MR) is 210 cm³/mol.